The summed E-state index contributed by atoms with van der Waals surface area (Å²) in [5.41, 5.74) is 2.04. The highest BCUT2D eigenvalue weighted by atomic mass is 16.5. The predicted molar refractivity (Wildman–Crippen MR) is 158 cm³/mol. The van der Waals surface area contributed by atoms with E-state index in [1.54, 1.807) is 23.1 Å². The van der Waals surface area contributed by atoms with Gasteiger partial charge in [0.25, 0.3) is 5.91 Å². The van der Waals surface area contributed by atoms with Gasteiger partial charge in [-0.3, -0.25) is 14.5 Å². The fourth-order valence-corrected chi connectivity index (χ4v) is 5.11. The van der Waals surface area contributed by atoms with Crippen LogP contribution in [0.3, 0.4) is 0 Å². The number of nitrogens with zero attached hydrogens (tertiary/aromatic N) is 2. The number of fused-ring (bicyclic) bond motifs is 1. The van der Waals surface area contributed by atoms with Crippen LogP contribution in [-0.4, -0.2) is 65.6 Å². The Morgan fingerprint density at radius 3 is 2.46 bits per heavy atom. The molecule has 1 saturated carbocycles. The normalized spacial score (nSPS) is 19.5. The highest BCUT2D eigenvalue weighted by Gasteiger charge is 2.36. The van der Waals surface area contributed by atoms with E-state index in [1.165, 1.54) is 0 Å². The molecule has 2 N–H and O–H groups in total. The van der Waals surface area contributed by atoms with Crippen molar-refractivity contribution in [2.75, 3.05) is 32.1 Å². The van der Waals surface area contributed by atoms with Crippen LogP contribution in [-0.2, 0) is 11.3 Å². The van der Waals surface area contributed by atoms with Gasteiger partial charge in [-0.2, -0.15) is 0 Å². The van der Waals surface area contributed by atoms with E-state index in [4.69, 9.17) is 9.47 Å². The second kappa shape index (κ2) is 12.7. The van der Waals surface area contributed by atoms with Gasteiger partial charge < -0.3 is 24.8 Å². The lowest BCUT2D eigenvalue weighted by molar-refractivity contribution is -0.117. The monoisotopic (exact) mass is 557 g/mol. The summed E-state index contributed by atoms with van der Waals surface area (Å²) in [5, 5.41) is 12.9. The molecule has 41 heavy (non-hydrogen) atoms. The van der Waals surface area contributed by atoms with E-state index in [-0.39, 0.29) is 42.4 Å². The quantitative estimate of drug-likeness (QED) is 0.357. The summed E-state index contributed by atoms with van der Waals surface area (Å²) < 4.78 is 12.5. The van der Waals surface area contributed by atoms with Crippen LogP contribution in [0.4, 0.5) is 5.69 Å². The number of anilines is 1. The molecule has 3 aromatic rings. The third-order valence-electron chi connectivity index (χ3n) is 7.74. The minimum atomic E-state index is -0.351. The van der Waals surface area contributed by atoms with Crippen LogP contribution in [0.15, 0.2) is 72.8 Å². The lowest BCUT2D eigenvalue weighted by Crippen LogP contribution is -2.49. The van der Waals surface area contributed by atoms with E-state index in [0.29, 0.717) is 36.6 Å². The van der Waals surface area contributed by atoms with Crippen LogP contribution >= 0.6 is 0 Å². The molecule has 0 unspecified atom stereocenters. The molecule has 8 heteroatoms. The number of carbonyl (C=O) groups excluding carboxylic acids is 2. The first-order valence-corrected chi connectivity index (χ1v) is 14.3. The van der Waals surface area contributed by atoms with E-state index in [2.05, 4.69) is 29.3 Å². The molecule has 0 aromatic heterocycles. The first kappa shape index (κ1) is 28.6. The van der Waals surface area contributed by atoms with Crippen LogP contribution in [0.5, 0.6) is 17.2 Å². The Labute approximate surface area is 241 Å². The fraction of sp³-hybridized carbons (Fsp3) is 0.394. The number of aliphatic hydroxyl groups excluding tert-OH is 1. The Hall–Kier alpha value is -3.88. The third kappa shape index (κ3) is 7.07. The minimum absolute atomic E-state index is 0.0198. The van der Waals surface area contributed by atoms with Gasteiger partial charge in [-0.05, 0) is 68.8 Å². The maximum absolute atomic E-state index is 13.6. The van der Waals surface area contributed by atoms with Crippen molar-refractivity contribution >= 4 is 17.5 Å². The number of hydrogen-bond donors (Lipinski definition) is 2. The summed E-state index contributed by atoms with van der Waals surface area (Å²) in [4.78, 5) is 30.2. The number of benzene rings is 3. The number of hydrogen-bond acceptors (Lipinski definition) is 6. The Morgan fingerprint density at radius 2 is 1.78 bits per heavy atom. The second-order valence-corrected chi connectivity index (χ2v) is 11.3. The Balaban J connectivity index is 1.34. The molecule has 5 rings (SSSR count). The largest absolute Gasteiger partial charge is 0.486 e. The third-order valence-corrected chi connectivity index (χ3v) is 7.74. The number of rotatable bonds is 10. The van der Waals surface area contributed by atoms with Gasteiger partial charge in [-0.1, -0.05) is 43.3 Å². The first-order chi connectivity index (χ1) is 19.8. The zero-order chi connectivity index (χ0) is 28.9. The standard InChI is InChI=1S/C33H39N3O5/c1-22-18-36(23(2)21-37)33(39)28-10-7-11-29(34-32(38)25-14-15-25)31(28)41-30(22)20-35(3)19-24-12-16-27(17-13-24)40-26-8-5-4-6-9-26/h4-13,16-17,22-23,25,30,37H,14-15,18-21H2,1-3H3,(H,34,38)/t22-,23+,30+/m0/s1. The molecule has 0 bridgehead atoms. The number of para-hydroxylation sites is 2. The van der Waals surface area contributed by atoms with Gasteiger partial charge in [0.05, 0.1) is 23.9 Å². The van der Waals surface area contributed by atoms with Crippen LogP contribution in [0, 0.1) is 11.8 Å². The lowest BCUT2D eigenvalue weighted by atomic mass is 9.98. The smallest absolute Gasteiger partial charge is 0.258 e. The predicted octanol–water partition coefficient (Wildman–Crippen LogP) is 5.18. The molecule has 1 heterocycles. The lowest BCUT2D eigenvalue weighted by Gasteiger charge is -2.38. The maximum atomic E-state index is 13.6. The molecule has 0 spiro atoms. The zero-order valence-corrected chi connectivity index (χ0v) is 24.0. The van der Waals surface area contributed by atoms with Crippen molar-refractivity contribution in [2.24, 2.45) is 11.8 Å². The van der Waals surface area contributed by atoms with Crippen LogP contribution in [0.25, 0.3) is 0 Å². The van der Waals surface area contributed by atoms with Gasteiger partial charge in [0.2, 0.25) is 5.91 Å². The summed E-state index contributed by atoms with van der Waals surface area (Å²) in [7, 11) is 2.05. The van der Waals surface area contributed by atoms with Crippen LogP contribution in [0.1, 0.15) is 42.6 Å². The molecule has 8 nitrogen and oxygen atoms in total. The van der Waals surface area contributed by atoms with E-state index < -0.39 is 0 Å². The van der Waals surface area contributed by atoms with E-state index >= 15 is 0 Å². The van der Waals surface area contributed by atoms with E-state index in [9.17, 15) is 14.7 Å². The Morgan fingerprint density at radius 1 is 1.07 bits per heavy atom. The molecule has 1 aliphatic heterocycles. The molecule has 0 radical (unpaired) electrons. The van der Waals surface area contributed by atoms with Crippen molar-refractivity contribution in [2.45, 2.75) is 45.4 Å². The van der Waals surface area contributed by atoms with E-state index in [0.717, 1.165) is 29.9 Å². The highest BCUT2D eigenvalue weighted by Crippen LogP contribution is 2.37. The molecule has 3 atom stereocenters. The van der Waals surface area contributed by atoms with Crippen molar-refractivity contribution in [3.8, 4) is 17.2 Å². The number of aliphatic hydroxyl groups is 1. The number of ether oxygens (including phenoxy) is 2. The average Bonchev–Trinajstić information content (AvgIpc) is 3.82. The topological polar surface area (TPSA) is 91.3 Å². The molecule has 216 valence electrons. The fourth-order valence-electron chi connectivity index (χ4n) is 5.11. The summed E-state index contributed by atoms with van der Waals surface area (Å²) in [5.74, 6) is 1.71. The van der Waals surface area contributed by atoms with Crippen LogP contribution < -0.4 is 14.8 Å². The zero-order valence-electron chi connectivity index (χ0n) is 24.0. The average molecular weight is 558 g/mol. The SMILES string of the molecule is C[C@H](CO)N1C[C@H](C)[C@@H](CN(C)Cc2ccc(Oc3ccccc3)cc2)Oc2c(NC(=O)C3CC3)cccc2C1=O. The number of nitrogens with one attached hydrogen (secondary N) is 1. The highest BCUT2D eigenvalue weighted by molar-refractivity contribution is 6.02. The van der Waals surface area contributed by atoms with Crippen molar-refractivity contribution in [3.63, 3.8) is 0 Å². The summed E-state index contributed by atoms with van der Waals surface area (Å²) in [6.45, 7) is 5.51. The van der Waals surface area contributed by atoms with Crippen molar-refractivity contribution in [1.82, 2.24) is 9.80 Å². The number of carbonyl (C=O) groups is 2. The van der Waals surface area contributed by atoms with Gasteiger partial charge in [-0.25, -0.2) is 0 Å². The summed E-state index contributed by atoms with van der Waals surface area (Å²) >= 11 is 0. The van der Waals surface area contributed by atoms with Crippen molar-refractivity contribution < 1.29 is 24.2 Å². The number of likely N-dealkylation sites (N-methyl/N-ethyl adjacent to an activating group) is 1. The van der Waals surface area contributed by atoms with Gasteiger partial charge in [-0.15, -0.1) is 0 Å². The van der Waals surface area contributed by atoms with Gasteiger partial charge in [0, 0.05) is 31.5 Å². The maximum Gasteiger partial charge on any atom is 0.258 e. The minimum Gasteiger partial charge on any atom is -0.486 e. The summed E-state index contributed by atoms with van der Waals surface area (Å²) in [6.07, 6.45) is 1.50. The Kier molecular flexibility index (Phi) is 8.90. The number of amides is 2. The molecule has 2 amide bonds. The first-order valence-electron chi connectivity index (χ1n) is 14.3. The van der Waals surface area contributed by atoms with E-state index in [1.807, 2.05) is 56.4 Å². The van der Waals surface area contributed by atoms with Crippen LogP contribution in [0.2, 0.25) is 0 Å². The molecule has 2 aliphatic rings. The molecule has 1 aliphatic carbocycles. The molecule has 1 fully saturated rings. The summed E-state index contributed by atoms with van der Waals surface area (Å²) in [6, 6.07) is 22.7. The molecular formula is C33H39N3O5. The Bertz CT molecular complexity index is 1340. The van der Waals surface area contributed by atoms with Gasteiger partial charge in [0.1, 0.15) is 17.6 Å². The van der Waals surface area contributed by atoms with Crippen molar-refractivity contribution in [1.29, 1.82) is 0 Å². The molecule has 3 aromatic carbocycles. The van der Waals surface area contributed by atoms with Gasteiger partial charge in [0.15, 0.2) is 5.75 Å². The molecule has 0 saturated heterocycles. The second-order valence-electron chi connectivity index (χ2n) is 11.3. The van der Waals surface area contributed by atoms with Crippen molar-refractivity contribution in [3.05, 3.63) is 83.9 Å². The molecular weight excluding hydrogens is 518 g/mol. The van der Waals surface area contributed by atoms with Gasteiger partial charge >= 0.3 is 0 Å².